The van der Waals surface area contributed by atoms with Crippen LogP contribution in [0.25, 0.3) is 0 Å². The second-order valence-corrected chi connectivity index (χ2v) is 5.75. The van der Waals surface area contributed by atoms with Gasteiger partial charge >= 0.3 is 0 Å². The van der Waals surface area contributed by atoms with Crippen molar-refractivity contribution < 1.29 is 14.4 Å². The fraction of sp³-hybridized carbons (Fsp3) is 0.154. The molecule has 9 heteroatoms. The molecule has 0 aliphatic carbocycles. The van der Waals surface area contributed by atoms with E-state index in [1.54, 1.807) is 26.4 Å². The number of benzene rings is 1. The van der Waals surface area contributed by atoms with E-state index in [2.05, 4.69) is 42.2 Å². The summed E-state index contributed by atoms with van der Waals surface area (Å²) in [6.45, 7) is 0. The smallest absolute Gasteiger partial charge is 0.288 e. The van der Waals surface area contributed by atoms with Crippen molar-refractivity contribution in [3.8, 4) is 11.5 Å². The molecule has 1 aromatic heterocycles. The van der Waals surface area contributed by atoms with Gasteiger partial charge < -0.3 is 14.8 Å². The maximum Gasteiger partial charge on any atom is 0.288 e. The number of nitro groups is 1. The van der Waals surface area contributed by atoms with Crippen molar-refractivity contribution in [2.45, 2.75) is 0 Å². The maximum atomic E-state index is 10.7. The number of anilines is 2. The van der Waals surface area contributed by atoms with Crippen LogP contribution >= 0.6 is 31.9 Å². The maximum absolute atomic E-state index is 10.7. The summed E-state index contributed by atoms with van der Waals surface area (Å²) < 4.78 is 11.7. The molecule has 1 aromatic carbocycles. The molecule has 0 aliphatic heterocycles. The van der Waals surface area contributed by atoms with Gasteiger partial charge in [0.15, 0.2) is 0 Å². The molecule has 0 radical (unpaired) electrons. The van der Waals surface area contributed by atoms with E-state index in [4.69, 9.17) is 9.47 Å². The molecule has 7 nitrogen and oxygen atoms in total. The molecule has 0 spiro atoms. The van der Waals surface area contributed by atoms with Gasteiger partial charge in [0, 0.05) is 23.9 Å². The summed E-state index contributed by atoms with van der Waals surface area (Å²) in [4.78, 5) is 14.2. The van der Waals surface area contributed by atoms with Gasteiger partial charge in [0.25, 0.3) is 5.69 Å². The molecule has 0 amide bonds. The topological polar surface area (TPSA) is 86.5 Å². The summed E-state index contributed by atoms with van der Waals surface area (Å²) >= 11 is 6.64. The summed E-state index contributed by atoms with van der Waals surface area (Å²) in [5.74, 6) is 1.61. The zero-order valence-electron chi connectivity index (χ0n) is 11.6. The van der Waals surface area contributed by atoms with Crippen LogP contribution in [0.1, 0.15) is 0 Å². The lowest BCUT2D eigenvalue weighted by atomic mass is 10.2. The molecule has 0 saturated carbocycles. The number of pyridine rings is 1. The van der Waals surface area contributed by atoms with Gasteiger partial charge in [0.05, 0.1) is 23.6 Å². The molecule has 116 valence electrons. The third kappa shape index (κ3) is 3.47. The highest BCUT2D eigenvalue weighted by Crippen LogP contribution is 2.38. The minimum absolute atomic E-state index is 0.0941. The summed E-state index contributed by atoms with van der Waals surface area (Å²) in [5, 5.41) is 13.8. The fourth-order valence-corrected chi connectivity index (χ4v) is 2.69. The zero-order chi connectivity index (χ0) is 16.3. The van der Waals surface area contributed by atoms with Crippen molar-refractivity contribution in [2.24, 2.45) is 0 Å². The van der Waals surface area contributed by atoms with E-state index >= 15 is 0 Å². The third-order valence-electron chi connectivity index (χ3n) is 2.75. The number of nitrogens with zero attached hydrogens (tertiary/aromatic N) is 2. The second kappa shape index (κ2) is 6.93. The lowest BCUT2D eigenvalue weighted by molar-refractivity contribution is -0.385. The van der Waals surface area contributed by atoms with Crippen LogP contribution in [0.3, 0.4) is 0 Å². The Morgan fingerprint density at radius 1 is 1.18 bits per heavy atom. The number of nitrogens with one attached hydrogen (secondary N) is 1. The second-order valence-electron chi connectivity index (χ2n) is 4.10. The van der Waals surface area contributed by atoms with Crippen LogP contribution in [0.15, 0.2) is 33.3 Å². The predicted octanol–water partition coefficient (Wildman–Crippen LogP) is 4.28. The van der Waals surface area contributed by atoms with Crippen molar-refractivity contribution in [3.63, 3.8) is 0 Å². The molecule has 0 bridgehead atoms. The van der Waals surface area contributed by atoms with Gasteiger partial charge in [-0.3, -0.25) is 10.1 Å². The number of hydrogen-bond donors (Lipinski definition) is 1. The Hall–Kier alpha value is -1.87. The quantitative estimate of drug-likeness (QED) is 0.560. The molecule has 0 unspecified atom stereocenters. The standard InChI is InChI=1S/C13H11Br2N3O4/c1-21-10-3-7(4-11(22-2)12(10)15)17-13-9(14)5-8(6-16-13)18(19)20/h3-6H,1-2H3,(H,16,17). The van der Waals surface area contributed by atoms with Crippen LogP contribution in [-0.2, 0) is 0 Å². The van der Waals surface area contributed by atoms with E-state index in [1.165, 1.54) is 12.3 Å². The van der Waals surface area contributed by atoms with Gasteiger partial charge in [0.1, 0.15) is 28.0 Å². The largest absolute Gasteiger partial charge is 0.495 e. The minimum Gasteiger partial charge on any atom is -0.495 e. The van der Waals surface area contributed by atoms with Crippen molar-refractivity contribution in [1.82, 2.24) is 4.98 Å². The van der Waals surface area contributed by atoms with E-state index in [9.17, 15) is 10.1 Å². The molecular weight excluding hydrogens is 422 g/mol. The highest BCUT2D eigenvalue weighted by Gasteiger charge is 2.13. The summed E-state index contributed by atoms with van der Waals surface area (Å²) in [7, 11) is 3.09. The number of methoxy groups -OCH3 is 2. The van der Waals surface area contributed by atoms with E-state index in [0.29, 0.717) is 31.9 Å². The van der Waals surface area contributed by atoms with Crippen LogP contribution < -0.4 is 14.8 Å². The van der Waals surface area contributed by atoms with E-state index in [0.717, 1.165) is 0 Å². The minimum atomic E-state index is -0.507. The first-order chi connectivity index (χ1) is 10.5. The van der Waals surface area contributed by atoms with Crippen LogP contribution in [0, 0.1) is 10.1 Å². The molecular formula is C13H11Br2N3O4. The van der Waals surface area contributed by atoms with Gasteiger partial charge in [-0.15, -0.1) is 0 Å². The van der Waals surface area contributed by atoms with Gasteiger partial charge in [-0.05, 0) is 31.9 Å². The molecule has 2 aromatic rings. The Morgan fingerprint density at radius 2 is 1.77 bits per heavy atom. The number of ether oxygens (including phenoxy) is 2. The summed E-state index contributed by atoms with van der Waals surface area (Å²) in [5.41, 5.74) is 0.572. The molecule has 0 fully saturated rings. The predicted molar refractivity (Wildman–Crippen MR) is 89.1 cm³/mol. The Kier molecular flexibility index (Phi) is 5.19. The lowest BCUT2D eigenvalue weighted by Crippen LogP contribution is -1.98. The normalized spacial score (nSPS) is 10.2. The number of rotatable bonds is 5. The number of hydrogen-bond acceptors (Lipinski definition) is 6. The Labute approximate surface area is 143 Å². The van der Waals surface area contributed by atoms with Gasteiger partial charge in [0.2, 0.25) is 0 Å². The van der Waals surface area contributed by atoms with E-state index in [-0.39, 0.29) is 5.69 Å². The summed E-state index contributed by atoms with van der Waals surface area (Å²) in [6, 6.07) is 4.88. The summed E-state index contributed by atoms with van der Waals surface area (Å²) in [6.07, 6.45) is 1.18. The number of aromatic nitrogens is 1. The van der Waals surface area contributed by atoms with Gasteiger partial charge in [-0.25, -0.2) is 4.98 Å². The molecule has 0 atom stereocenters. The van der Waals surface area contributed by atoms with Crippen molar-refractivity contribution in [3.05, 3.63) is 43.5 Å². The molecule has 2 rings (SSSR count). The van der Waals surface area contributed by atoms with Crippen LogP contribution in [-0.4, -0.2) is 24.1 Å². The molecule has 0 saturated heterocycles. The van der Waals surface area contributed by atoms with Gasteiger partial charge in [-0.2, -0.15) is 0 Å². The van der Waals surface area contributed by atoms with Crippen LogP contribution in [0.4, 0.5) is 17.2 Å². The molecule has 1 N–H and O–H groups in total. The average Bonchev–Trinajstić information content (AvgIpc) is 2.50. The SMILES string of the molecule is COc1cc(Nc2ncc([N+](=O)[O-])cc2Br)cc(OC)c1Br. The Balaban J connectivity index is 2.36. The first-order valence-corrected chi connectivity index (χ1v) is 7.53. The van der Waals surface area contributed by atoms with Gasteiger partial charge in [-0.1, -0.05) is 0 Å². The Morgan fingerprint density at radius 3 is 2.23 bits per heavy atom. The monoisotopic (exact) mass is 431 g/mol. The van der Waals surface area contributed by atoms with Crippen LogP contribution in [0.5, 0.6) is 11.5 Å². The van der Waals surface area contributed by atoms with Crippen molar-refractivity contribution >= 4 is 49.1 Å². The first-order valence-electron chi connectivity index (χ1n) is 5.94. The third-order valence-corrected chi connectivity index (χ3v) is 4.13. The van der Waals surface area contributed by atoms with Crippen LogP contribution in [0.2, 0.25) is 0 Å². The van der Waals surface area contributed by atoms with Crippen molar-refractivity contribution in [1.29, 1.82) is 0 Å². The number of halogens is 2. The lowest BCUT2D eigenvalue weighted by Gasteiger charge is -2.13. The van der Waals surface area contributed by atoms with Crippen molar-refractivity contribution in [2.75, 3.05) is 19.5 Å². The highest BCUT2D eigenvalue weighted by atomic mass is 79.9. The zero-order valence-corrected chi connectivity index (χ0v) is 14.8. The average molecular weight is 433 g/mol. The molecule has 22 heavy (non-hydrogen) atoms. The molecule has 0 aliphatic rings. The molecule has 1 heterocycles. The first kappa shape index (κ1) is 16.5. The highest BCUT2D eigenvalue weighted by molar-refractivity contribution is 9.11. The fourth-order valence-electron chi connectivity index (χ4n) is 1.70. The Bertz CT molecular complexity index is 699. The van der Waals surface area contributed by atoms with E-state index in [1.807, 2.05) is 0 Å². The van der Waals surface area contributed by atoms with E-state index < -0.39 is 4.92 Å².